The van der Waals surface area contributed by atoms with Gasteiger partial charge in [0, 0.05) is 23.2 Å². The third kappa shape index (κ3) is 8.27. The van der Waals surface area contributed by atoms with Crippen LogP contribution in [0.4, 0.5) is 18.9 Å². The number of hydrogen-bond acceptors (Lipinski definition) is 9. The van der Waals surface area contributed by atoms with Gasteiger partial charge in [0.1, 0.15) is 17.3 Å². The summed E-state index contributed by atoms with van der Waals surface area (Å²) < 4.78 is 63.0. The molecule has 6 rings (SSSR count). The first-order valence-electron chi connectivity index (χ1n) is 16.6. The number of nitrogens with two attached hydrogens (primary N) is 1. The third-order valence-corrected chi connectivity index (χ3v) is 10.4. The summed E-state index contributed by atoms with van der Waals surface area (Å²) in [6, 6.07) is 17.6. The van der Waals surface area contributed by atoms with E-state index >= 15 is 13.2 Å². The Morgan fingerprint density at radius 3 is 2.18 bits per heavy atom. The summed E-state index contributed by atoms with van der Waals surface area (Å²) >= 11 is 1.03. The number of aromatic nitrogens is 4. The number of benzene rings is 3. The van der Waals surface area contributed by atoms with E-state index in [1.54, 1.807) is 39.5 Å². The predicted molar refractivity (Wildman–Crippen MR) is 188 cm³/mol. The maximum Gasteiger partial charge on any atom is 0.417 e. The molecule has 50 heavy (non-hydrogen) atoms. The third-order valence-electron chi connectivity index (χ3n) is 9.22. The molecule has 0 aliphatic heterocycles. The number of anilines is 1. The molecule has 1 heterocycles. The number of hydrogen-bond donors (Lipinski definition) is 1. The lowest BCUT2D eigenvalue weighted by Gasteiger charge is -2.31. The molecule has 2 aliphatic carbocycles. The summed E-state index contributed by atoms with van der Waals surface area (Å²) in [7, 11) is 4.78. The Balaban J connectivity index is 1.46. The molecule has 1 aromatic heterocycles. The zero-order valence-electron chi connectivity index (χ0n) is 28.3. The second-order valence-corrected chi connectivity index (χ2v) is 13.6. The molecule has 4 aromatic rings. The van der Waals surface area contributed by atoms with E-state index in [1.165, 1.54) is 10.9 Å². The van der Waals surface area contributed by atoms with Crippen LogP contribution in [0.2, 0.25) is 0 Å². The van der Waals surface area contributed by atoms with Gasteiger partial charge < -0.3 is 24.2 Å². The average Bonchev–Trinajstić information content (AvgIpc) is 3.59. The first kappa shape index (κ1) is 35.3. The molecule has 264 valence electrons. The van der Waals surface area contributed by atoms with Gasteiger partial charge in [-0.25, -0.2) is 0 Å². The Hall–Kier alpha value is -4.49. The van der Waals surface area contributed by atoms with Gasteiger partial charge in [0.25, 0.3) is 0 Å². The summed E-state index contributed by atoms with van der Waals surface area (Å²) in [6.45, 7) is 0.715. The van der Waals surface area contributed by atoms with Crippen molar-refractivity contribution in [2.45, 2.75) is 68.2 Å². The predicted octanol–water partition coefficient (Wildman–Crippen LogP) is 8.18. The Labute approximate surface area is 294 Å². The largest absolute Gasteiger partial charge is 0.497 e. The number of ether oxygens (including phenoxy) is 3. The molecule has 1 atom stereocenters. The van der Waals surface area contributed by atoms with Crippen LogP contribution >= 0.6 is 11.9 Å². The fraction of sp³-hybridized carbons (Fsp3) is 0.378. The van der Waals surface area contributed by atoms with E-state index < -0.39 is 11.7 Å². The number of rotatable bonds is 12. The molecule has 0 bridgehead atoms. The number of halogens is 3. The maximum atomic E-state index is 15.0. The number of nitrogens with zero attached hydrogens (tertiary/aromatic N) is 5. The first-order valence-corrected chi connectivity index (χ1v) is 17.3. The van der Waals surface area contributed by atoms with Crippen LogP contribution in [0.5, 0.6) is 11.5 Å². The lowest BCUT2D eigenvalue weighted by atomic mass is 9.80. The van der Waals surface area contributed by atoms with Gasteiger partial charge in [0.2, 0.25) is 5.82 Å². The average molecular weight is 707 g/mol. The summed E-state index contributed by atoms with van der Waals surface area (Å²) in [6.07, 6.45) is 5.07. The fourth-order valence-corrected chi connectivity index (χ4v) is 7.65. The summed E-state index contributed by atoms with van der Waals surface area (Å²) in [5, 5.41) is 13.5. The number of tetrazole rings is 1. The smallest absolute Gasteiger partial charge is 0.417 e. The van der Waals surface area contributed by atoms with E-state index in [9.17, 15) is 0 Å². The second-order valence-electron chi connectivity index (χ2n) is 12.5. The van der Waals surface area contributed by atoms with Gasteiger partial charge in [-0.3, -0.25) is 0 Å². The zero-order chi connectivity index (χ0) is 35.3. The molecular formula is C37H41F3N6O3S. The molecule has 0 saturated heterocycles. The van der Waals surface area contributed by atoms with E-state index in [0.29, 0.717) is 35.8 Å². The number of alkyl halides is 3. The highest BCUT2D eigenvalue weighted by atomic mass is 32.2. The summed E-state index contributed by atoms with van der Waals surface area (Å²) in [5.41, 5.74) is 8.21. The van der Waals surface area contributed by atoms with Crippen molar-refractivity contribution in [3.63, 3.8) is 0 Å². The Morgan fingerprint density at radius 1 is 0.900 bits per heavy atom. The van der Waals surface area contributed by atoms with E-state index in [4.69, 9.17) is 25.0 Å². The molecule has 0 radical (unpaired) electrons. The number of methoxy groups -OCH3 is 3. The Morgan fingerprint density at radius 2 is 1.58 bits per heavy atom. The summed E-state index contributed by atoms with van der Waals surface area (Å²) in [4.78, 5) is 1.50. The van der Waals surface area contributed by atoms with Crippen molar-refractivity contribution >= 4 is 17.6 Å². The van der Waals surface area contributed by atoms with Crippen molar-refractivity contribution in [3.05, 3.63) is 101 Å². The molecule has 0 amide bonds. The van der Waals surface area contributed by atoms with Crippen molar-refractivity contribution in [2.24, 2.45) is 11.7 Å². The normalized spacial score (nSPS) is 19.2. The molecule has 2 N–H and O–H groups in total. The van der Waals surface area contributed by atoms with E-state index in [1.807, 2.05) is 58.9 Å². The van der Waals surface area contributed by atoms with E-state index in [-0.39, 0.29) is 28.6 Å². The molecule has 13 heteroatoms. The van der Waals surface area contributed by atoms with E-state index in [2.05, 4.69) is 10.3 Å². The molecule has 1 saturated carbocycles. The van der Waals surface area contributed by atoms with Crippen LogP contribution in [0.25, 0.3) is 11.4 Å². The monoisotopic (exact) mass is 706 g/mol. The van der Waals surface area contributed by atoms with Gasteiger partial charge in [0.15, 0.2) is 0 Å². The fourth-order valence-electron chi connectivity index (χ4n) is 6.41. The van der Waals surface area contributed by atoms with Crippen LogP contribution in [-0.4, -0.2) is 47.6 Å². The minimum atomic E-state index is -4.65. The van der Waals surface area contributed by atoms with Crippen LogP contribution in [0, 0.1) is 5.92 Å². The molecule has 2 aliphatic rings. The highest BCUT2D eigenvalue weighted by Gasteiger charge is 2.38. The minimum absolute atomic E-state index is 0.00621. The van der Waals surface area contributed by atoms with Crippen LogP contribution in [0.1, 0.15) is 54.7 Å². The summed E-state index contributed by atoms with van der Waals surface area (Å²) in [5.74, 6) is 2.35. The van der Waals surface area contributed by atoms with Crippen LogP contribution in [0.15, 0.2) is 89.5 Å². The van der Waals surface area contributed by atoms with E-state index in [0.717, 1.165) is 60.9 Å². The lowest BCUT2D eigenvalue weighted by Crippen LogP contribution is -2.26. The molecule has 1 unspecified atom stereocenters. The minimum Gasteiger partial charge on any atom is -0.497 e. The molecule has 1 fully saturated rings. The quantitative estimate of drug-likeness (QED) is 0.146. The van der Waals surface area contributed by atoms with Gasteiger partial charge in [-0.1, -0.05) is 24.3 Å². The van der Waals surface area contributed by atoms with Gasteiger partial charge in [-0.05, 0) is 121 Å². The standard InChI is InChI=1S/C37H41F3N6O3S/c1-47-29-14-4-24(5-15-29)22-45(28-12-18-31(49-3)19-13-28)50-35-33(37(38,39)40)21-20-32(26-8-10-27(41)11-9-26)34(35)36-42-44-46(43-36)23-25-6-16-30(48-2)17-7-25/h4-6,12-21,25-27H,7-11,22-23,41H2,1-3H3. The van der Waals surface area contributed by atoms with Crippen LogP contribution in [-0.2, 0) is 24.0 Å². The number of allylic oxidation sites excluding steroid dienone is 3. The van der Waals surface area contributed by atoms with Crippen LogP contribution < -0.4 is 19.5 Å². The second kappa shape index (κ2) is 15.6. The van der Waals surface area contributed by atoms with Gasteiger partial charge in [-0.15, -0.1) is 10.2 Å². The SMILES string of the molecule is COC1=CCC(Cn2nnc(-c3c(C4CCC(N)CC4)ccc(C(F)(F)F)c3SN(Cc3ccc(OC)cc3)c3ccc(OC)cc3)n2)C=C1. The molecule has 3 aromatic carbocycles. The van der Waals surface area contributed by atoms with Gasteiger partial charge in [-0.2, -0.15) is 18.0 Å². The van der Waals surface area contributed by atoms with Crippen molar-refractivity contribution < 1.29 is 27.4 Å². The molecular weight excluding hydrogens is 666 g/mol. The van der Waals surface area contributed by atoms with Crippen molar-refractivity contribution in [2.75, 3.05) is 25.6 Å². The molecule has 0 spiro atoms. The van der Waals surface area contributed by atoms with Crippen LogP contribution in [0.3, 0.4) is 0 Å². The highest BCUT2D eigenvalue weighted by molar-refractivity contribution is 8.00. The van der Waals surface area contributed by atoms with Crippen molar-refractivity contribution in [1.82, 2.24) is 20.2 Å². The Kier molecular flexibility index (Phi) is 11.0. The van der Waals surface area contributed by atoms with Crippen molar-refractivity contribution in [1.29, 1.82) is 0 Å². The van der Waals surface area contributed by atoms with Crippen molar-refractivity contribution in [3.8, 4) is 22.9 Å². The maximum absolute atomic E-state index is 15.0. The molecule has 9 nitrogen and oxygen atoms in total. The highest BCUT2D eigenvalue weighted by Crippen LogP contribution is 2.48. The Bertz CT molecular complexity index is 1800. The topological polar surface area (TPSA) is 101 Å². The van der Waals surface area contributed by atoms with Gasteiger partial charge in [0.05, 0.1) is 44.9 Å². The first-order chi connectivity index (χ1) is 24.1. The zero-order valence-corrected chi connectivity index (χ0v) is 29.1. The lowest BCUT2D eigenvalue weighted by molar-refractivity contribution is -0.139. The van der Waals surface area contributed by atoms with Gasteiger partial charge >= 0.3 is 6.18 Å².